The van der Waals surface area contributed by atoms with E-state index >= 15 is 0 Å². The van der Waals surface area contributed by atoms with Crippen LogP contribution in [0.2, 0.25) is 4.34 Å². The Kier molecular flexibility index (Phi) is 4.66. The highest BCUT2D eigenvalue weighted by Crippen LogP contribution is 2.26. The molecule has 3 rings (SSSR count). The summed E-state index contributed by atoms with van der Waals surface area (Å²) in [5.74, 6) is 0.660. The molecule has 0 aliphatic heterocycles. The van der Waals surface area contributed by atoms with Crippen molar-refractivity contribution in [1.82, 2.24) is 24.4 Å². The molecule has 9 heteroatoms. The molecule has 3 aromatic rings. The SMILES string of the molecule is Clc1snnc1CSc1nncn1CCc1cccs1. The molecule has 20 heavy (non-hydrogen) atoms. The van der Waals surface area contributed by atoms with Crippen molar-refractivity contribution in [2.24, 2.45) is 0 Å². The summed E-state index contributed by atoms with van der Waals surface area (Å²) in [5.41, 5.74) is 0.800. The first kappa shape index (κ1) is 14.0. The van der Waals surface area contributed by atoms with Crippen molar-refractivity contribution in [1.29, 1.82) is 0 Å². The van der Waals surface area contributed by atoms with Gasteiger partial charge in [0.25, 0.3) is 0 Å². The number of aryl methyl sites for hydroxylation is 2. The summed E-state index contributed by atoms with van der Waals surface area (Å²) in [5, 5.41) is 15.1. The molecule has 0 aliphatic rings. The Balaban J connectivity index is 1.60. The third-order valence-electron chi connectivity index (χ3n) is 2.61. The Morgan fingerprint density at radius 1 is 1.35 bits per heavy atom. The fourth-order valence-electron chi connectivity index (χ4n) is 1.61. The summed E-state index contributed by atoms with van der Waals surface area (Å²) in [6, 6.07) is 4.21. The third-order valence-corrected chi connectivity index (χ3v) is 5.52. The Morgan fingerprint density at radius 3 is 3.05 bits per heavy atom. The standard InChI is InChI=1S/C11H10ClN5S3/c12-10-9(14-16-20-10)6-19-11-15-13-7-17(11)4-3-8-2-1-5-18-8/h1-2,5,7H,3-4,6H2. The zero-order valence-corrected chi connectivity index (χ0v) is 13.5. The quantitative estimate of drug-likeness (QED) is 0.642. The molecule has 0 aliphatic carbocycles. The molecule has 3 heterocycles. The van der Waals surface area contributed by atoms with E-state index in [4.69, 9.17) is 11.6 Å². The molecule has 0 fully saturated rings. The molecule has 3 aromatic heterocycles. The second-order valence-corrected chi connectivity index (χ2v) is 7.25. The fourth-order valence-corrected chi connectivity index (χ4v) is 3.98. The van der Waals surface area contributed by atoms with Gasteiger partial charge < -0.3 is 4.57 Å². The number of halogens is 1. The van der Waals surface area contributed by atoms with Crippen molar-refractivity contribution in [3.8, 4) is 0 Å². The zero-order chi connectivity index (χ0) is 13.8. The molecular formula is C11H10ClN5S3. The highest BCUT2D eigenvalue weighted by Gasteiger charge is 2.10. The number of thioether (sulfide) groups is 1. The van der Waals surface area contributed by atoms with E-state index in [0.29, 0.717) is 10.1 Å². The van der Waals surface area contributed by atoms with E-state index in [1.807, 2.05) is 0 Å². The maximum atomic E-state index is 5.99. The molecule has 0 N–H and O–H groups in total. The lowest BCUT2D eigenvalue weighted by Gasteiger charge is -2.04. The van der Waals surface area contributed by atoms with Gasteiger partial charge in [0.05, 0.1) is 0 Å². The third kappa shape index (κ3) is 3.38. The van der Waals surface area contributed by atoms with Crippen molar-refractivity contribution in [2.45, 2.75) is 23.9 Å². The first-order valence-corrected chi connectivity index (χ1v) is 8.84. The first-order chi connectivity index (χ1) is 9.83. The van der Waals surface area contributed by atoms with E-state index in [1.54, 1.807) is 29.4 Å². The van der Waals surface area contributed by atoms with Crippen LogP contribution < -0.4 is 0 Å². The van der Waals surface area contributed by atoms with E-state index in [-0.39, 0.29) is 0 Å². The summed E-state index contributed by atoms with van der Waals surface area (Å²) in [6.45, 7) is 0.874. The Morgan fingerprint density at radius 2 is 2.30 bits per heavy atom. The van der Waals surface area contributed by atoms with E-state index in [0.717, 1.165) is 23.8 Å². The molecule has 0 amide bonds. The van der Waals surface area contributed by atoms with Crippen molar-refractivity contribution in [2.75, 3.05) is 0 Å². The van der Waals surface area contributed by atoms with Gasteiger partial charge in [-0.3, -0.25) is 0 Å². The van der Waals surface area contributed by atoms with Crippen LogP contribution in [0.1, 0.15) is 10.6 Å². The largest absolute Gasteiger partial charge is 0.308 e. The molecule has 0 bridgehead atoms. The van der Waals surface area contributed by atoms with Gasteiger partial charge in [-0.15, -0.1) is 26.6 Å². The molecule has 0 saturated carbocycles. The van der Waals surface area contributed by atoms with E-state index in [1.165, 1.54) is 16.4 Å². The molecule has 5 nitrogen and oxygen atoms in total. The second-order valence-electron chi connectivity index (χ2n) is 3.92. The number of hydrogen-bond donors (Lipinski definition) is 0. The molecule has 0 radical (unpaired) electrons. The van der Waals surface area contributed by atoms with Crippen LogP contribution in [0, 0.1) is 0 Å². The molecule has 0 spiro atoms. The van der Waals surface area contributed by atoms with E-state index < -0.39 is 0 Å². The van der Waals surface area contributed by atoms with Crippen LogP contribution in [0.25, 0.3) is 0 Å². The monoisotopic (exact) mass is 343 g/mol. The van der Waals surface area contributed by atoms with Crippen molar-refractivity contribution >= 4 is 46.2 Å². The minimum atomic E-state index is 0.641. The van der Waals surface area contributed by atoms with Crippen LogP contribution in [-0.4, -0.2) is 24.4 Å². The lowest BCUT2D eigenvalue weighted by atomic mass is 10.3. The average Bonchev–Trinajstić information content (AvgIpc) is 3.16. The van der Waals surface area contributed by atoms with Gasteiger partial charge in [-0.1, -0.05) is 33.9 Å². The maximum Gasteiger partial charge on any atom is 0.191 e. The first-order valence-electron chi connectivity index (χ1n) is 5.82. The summed E-state index contributed by atoms with van der Waals surface area (Å²) < 4.78 is 6.51. The minimum Gasteiger partial charge on any atom is -0.308 e. The van der Waals surface area contributed by atoms with Crippen molar-refractivity contribution in [3.63, 3.8) is 0 Å². The smallest absolute Gasteiger partial charge is 0.191 e. The van der Waals surface area contributed by atoms with Gasteiger partial charge in [-0.05, 0) is 17.9 Å². The van der Waals surface area contributed by atoms with E-state index in [2.05, 4.69) is 41.9 Å². The normalized spacial score (nSPS) is 11.1. The molecule has 0 atom stereocenters. The molecule has 0 aromatic carbocycles. The Bertz CT molecular complexity index is 663. The molecular weight excluding hydrogens is 334 g/mol. The Hall–Kier alpha value is -0.960. The van der Waals surface area contributed by atoms with Gasteiger partial charge >= 0.3 is 0 Å². The second kappa shape index (κ2) is 6.66. The van der Waals surface area contributed by atoms with Crippen LogP contribution in [0.4, 0.5) is 0 Å². The zero-order valence-electron chi connectivity index (χ0n) is 10.3. The number of thiophene rings is 1. The van der Waals surface area contributed by atoms with Gasteiger partial charge in [0, 0.05) is 28.7 Å². The van der Waals surface area contributed by atoms with Crippen LogP contribution in [0.3, 0.4) is 0 Å². The van der Waals surface area contributed by atoms with Crippen LogP contribution in [0.5, 0.6) is 0 Å². The summed E-state index contributed by atoms with van der Waals surface area (Å²) in [6.07, 6.45) is 2.75. The maximum absolute atomic E-state index is 5.99. The average molecular weight is 344 g/mol. The molecule has 104 valence electrons. The summed E-state index contributed by atoms with van der Waals surface area (Å²) >= 11 is 10.5. The van der Waals surface area contributed by atoms with Crippen LogP contribution in [0.15, 0.2) is 29.0 Å². The summed E-state index contributed by atoms with van der Waals surface area (Å²) in [4.78, 5) is 1.36. The lowest BCUT2D eigenvalue weighted by molar-refractivity contribution is 0.637. The van der Waals surface area contributed by atoms with Gasteiger partial charge in [-0.2, -0.15) is 0 Å². The predicted molar refractivity (Wildman–Crippen MR) is 82.5 cm³/mol. The van der Waals surface area contributed by atoms with Crippen molar-refractivity contribution in [3.05, 3.63) is 38.7 Å². The highest BCUT2D eigenvalue weighted by molar-refractivity contribution is 7.98. The number of hydrogen-bond acceptors (Lipinski definition) is 7. The van der Waals surface area contributed by atoms with Gasteiger partial charge in [0.1, 0.15) is 16.4 Å². The van der Waals surface area contributed by atoms with Gasteiger partial charge in [-0.25, -0.2) is 0 Å². The van der Waals surface area contributed by atoms with Crippen LogP contribution >= 0.6 is 46.2 Å². The topological polar surface area (TPSA) is 56.5 Å². The number of aromatic nitrogens is 5. The van der Waals surface area contributed by atoms with Gasteiger partial charge in [0.15, 0.2) is 5.16 Å². The predicted octanol–water partition coefficient (Wildman–Crippen LogP) is 3.38. The Labute approximate surface area is 133 Å². The lowest BCUT2D eigenvalue weighted by Crippen LogP contribution is -2.01. The molecule has 0 unspecified atom stereocenters. The van der Waals surface area contributed by atoms with Crippen molar-refractivity contribution < 1.29 is 0 Å². The fraction of sp³-hybridized carbons (Fsp3) is 0.273. The van der Waals surface area contributed by atoms with E-state index in [9.17, 15) is 0 Å². The number of nitrogens with zero attached hydrogens (tertiary/aromatic N) is 5. The number of rotatable bonds is 6. The van der Waals surface area contributed by atoms with Gasteiger partial charge in [0.2, 0.25) is 0 Å². The molecule has 0 saturated heterocycles. The highest BCUT2D eigenvalue weighted by atomic mass is 35.5. The minimum absolute atomic E-state index is 0.641. The summed E-state index contributed by atoms with van der Waals surface area (Å²) in [7, 11) is 0. The van der Waals surface area contributed by atoms with Crippen LogP contribution in [-0.2, 0) is 18.7 Å².